The van der Waals surface area contributed by atoms with Crippen molar-refractivity contribution in [2.24, 2.45) is 5.92 Å². The van der Waals surface area contributed by atoms with Crippen LogP contribution in [0.3, 0.4) is 0 Å². The van der Waals surface area contributed by atoms with Gasteiger partial charge >= 0.3 is 0 Å². The zero-order valence-corrected chi connectivity index (χ0v) is 17.6. The SMILES string of the molecule is O=c1c(CN2CCOCC2)ccc2n1C[C@H]1C[C@@H]2CN(Cc2cccc3nonc23)C1. The summed E-state index contributed by atoms with van der Waals surface area (Å²) >= 11 is 0. The molecule has 8 nitrogen and oxygen atoms in total. The average molecular weight is 422 g/mol. The Kier molecular flexibility index (Phi) is 4.85. The molecule has 0 unspecified atom stereocenters. The van der Waals surface area contributed by atoms with Crippen LogP contribution in [0.2, 0.25) is 0 Å². The Morgan fingerprint density at radius 2 is 1.81 bits per heavy atom. The van der Waals surface area contributed by atoms with E-state index in [2.05, 4.69) is 42.9 Å². The standard InChI is InChI=1S/C23H27N5O3/c29-23-18(14-26-6-8-30-9-7-26)4-5-21-19-10-16(12-28(21)23)11-27(15-19)13-17-2-1-3-20-22(17)25-31-24-20/h1-5,16,19H,6-15H2/t16-,19+/m0/s1. The highest BCUT2D eigenvalue weighted by Gasteiger charge is 2.35. The normalized spacial score (nSPS) is 24.4. The maximum absolute atomic E-state index is 13.3. The summed E-state index contributed by atoms with van der Waals surface area (Å²) in [6.07, 6.45) is 1.16. The Morgan fingerprint density at radius 3 is 2.71 bits per heavy atom. The van der Waals surface area contributed by atoms with Crippen LogP contribution >= 0.6 is 0 Å². The van der Waals surface area contributed by atoms with Gasteiger partial charge in [-0.1, -0.05) is 18.2 Å². The van der Waals surface area contributed by atoms with Gasteiger partial charge in [-0.15, -0.1) is 0 Å². The molecule has 2 fully saturated rings. The molecule has 0 amide bonds. The predicted octanol–water partition coefficient (Wildman–Crippen LogP) is 1.84. The minimum Gasteiger partial charge on any atom is -0.379 e. The van der Waals surface area contributed by atoms with Crippen molar-refractivity contribution in [3.8, 4) is 0 Å². The van der Waals surface area contributed by atoms with Crippen LogP contribution in [0.5, 0.6) is 0 Å². The summed E-state index contributed by atoms with van der Waals surface area (Å²) in [7, 11) is 0. The van der Waals surface area contributed by atoms with Crippen molar-refractivity contribution in [3.05, 3.63) is 57.5 Å². The summed E-state index contributed by atoms with van der Waals surface area (Å²) < 4.78 is 12.4. The maximum atomic E-state index is 13.3. The Hall–Kier alpha value is -2.55. The van der Waals surface area contributed by atoms with Crippen molar-refractivity contribution in [2.75, 3.05) is 39.4 Å². The molecule has 8 heteroatoms. The van der Waals surface area contributed by atoms with E-state index < -0.39 is 0 Å². The van der Waals surface area contributed by atoms with Crippen LogP contribution < -0.4 is 5.56 Å². The fraction of sp³-hybridized carbons (Fsp3) is 0.522. The van der Waals surface area contributed by atoms with Crippen molar-refractivity contribution in [2.45, 2.75) is 32.0 Å². The number of morpholine rings is 1. The number of benzene rings is 1. The number of nitrogens with zero attached hydrogens (tertiary/aromatic N) is 5. The monoisotopic (exact) mass is 421 g/mol. The molecule has 1 aromatic carbocycles. The Labute approximate surface area is 180 Å². The highest BCUT2D eigenvalue weighted by molar-refractivity contribution is 5.76. The van der Waals surface area contributed by atoms with Crippen molar-refractivity contribution in [1.82, 2.24) is 24.7 Å². The number of piperidine rings is 1. The first kappa shape index (κ1) is 19.2. The first-order valence-corrected chi connectivity index (χ1v) is 11.2. The van der Waals surface area contributed by atoms with Crippen LogP contribution in [-0.4, -0.2) is 64.1 Å². The molecule has 2 aromatic heterocycles. The van der Waals surface area contributed by atoms with Gasteiger partial charge in [0.05, 0.1) is 13.2 Å². The van der Waals surface area contributed by atoms with Crippen LogP contribution in [0.4, 0.5) is 0 Å². The molecular weight excluding hydrogens is 394 g/mol. The fourth-order valence-corrected chi connectivity index (χ4v) is 5.57. The zero-order chi connectivity index (χ0) is 20.8. The van der Waals surface area contributed by atoms with Crippen molar-refractivity contribution < 1.29 is 9.37 Å². The molecule has 2 bridgehead atoms. The summed E-state index contributed by atoms with van der Waals surface area (Å²) in [4.78, 5) is 18.1. The molecule has 162 valence electrons. The van der Waals surface area contributed by atoms with E-state index in [4.69, 9.17) is 9.37 Å². The van der Waals surface area contributed by atoms with Crippen molar-refractivity contribution in [3.63, 3.8) is 0 Å². The second kappa shape index (κ2) is 7.85. The van der Waals surface area contributed by atoms with Crippen LogP contribution in [0, 0.1) is 5.92 Å². The predicted molar refractivity (Wildman–Crippen MR) is 115 cm³/mol. The highest BCUT2D eigenvalue weighted by atomic mass is 16.6. The van der Waals surface area contributed by atoms with Crippen LogP contribution in [-0.2, 0) is 24.4 Å². The van der Waals surface area contributed by atoms with E-state index >= 15 is 0 Å². The molecule has 3 aliphatic heterocycles. The average Bonchev–Trinajstić information content (AvgIpc) is 3.27. The molecule has 5 heterocycles. The zero-order valence-electron chi connectivity index (χ0n) is 17.6. The summed E-state index contributed by atoms with van der Waals surface area (Å²) in [5.74, 6) is 0.893. The Balaban J connectivity index is 1.22. The summed E-state index contributed by atoms with van der Waals surface area (Å²) in [5.41, 5.74) is 5.11. The summed E-state index contributed by atoms with van der Waals surface area (Å²) in [6.45, 7) is 7.63. The van der Waals surface area contributed by atoms with Crippen LogP contribution in [0.1, 0.15) is 29.2 Å². The van der Waals surface area contributed by atoms with Gasteiger partial charge in [-0.3, -0.25) is 14.6 Å². The molecule has 31 heavy (non-hydrogen) atoms. The third-order valence-corrected chi connectivity index (χ3v) is 7.02. The number of hydrogen-bond donors (Lipinski definition) is 0. The van der Waals surface area contributed by atoms with Gasteiger partial charge in [-0.25, -0.2) is 4.63 Å². The van der Waals surface area contributed by atoms with E-state index in [0.717, 1.165) is 87.6 Å². The molecule has 0 saturated carbocycles. The minimum absolute atomic E-state index is 0.200. The van der Waals surface area contributed by atoms with Gasteiger partial charge in [0.2, 0.25) is 0 Å². The van der Waals surface area contributed by atoms with Gasteiger partial charge in [-0.2, -0.15) is 0 Å². The quantitative estimate of drug-likeness (QED) is 0.636. The van der Waals surface area contributed by atoms with E-state index in [1.165, 1.54) is 5.69 Å². The largest absolute Gasteiger partial charge is 0.379 e. The van der Waals surface area contributed by atoms with E-state index in [1.54, 1.807) is 0 Å². The number of ether oxygens (including phenoxy) is 1. The van der Waals surface area contributed by atoms with Gasteiger partial charge < -0.3 is 9.30 Å². The van der Waals surface area contributed by atoms with Gasteiger partial charge in [0.15, 0.2) is 0 Å². The van der Waals surface area contributed by atoms with Gasteiger partial charge in [-0.05, 0) is 40.3 Å². The molecular formula is C23H27N5O3. The first-order valence-electron chi connectivity index (χ1n) is 11.2. The molecule has 3 aromatic rings. The van der Waals surface area contributed by atoms with Gasteiger partial charge in [0.25, 0.3) is 5.56 Å². The number of pyridine rings is 1. The topological polar surface area (TPSA) is 76.6 Å². The smallest absolute Gasteiger partial charge is 0.255 e. The molecule has 6 rings (SSSR count). The lowest BCUT2D eigenvalue weighted by Crippen LogP contribution is -2.47. The van der Waals surface area contributed by atoms with Crippen LogP contribution in [0.15, 0.2) is 39.8 Å². The third-order valence-electron chi connectivity index (χ3n) is 7.02. The fourth-order valence-electron chi connectivity index (χ4n) is 5.57. The number of likely N-dealkylation sites (tertiary alicyclic amines) is 1. The molecule has 0 spiro atoms. The number of fused-ring (bicyclic) bond motifs is 5. The van der Waals surface area contributed by atoms with E-state index in [9.17, 15) is 4.79 Å². The lowest BCUT2D eigenvalue weighted by molar-refractivity contribution is 0.0338. The number of rotatable bonds is 4. The Morgan fingerprint density at radius 1 is 0.935 bits per heavy atom. The second-order valence-corrected chi connectivity index (χ2v) is 9.13. The number of hydrogen-bond acceptors (Lipinski definition) is 7. The molecule has 3 aliphatic rings. The molecule has 0 N–H and O–H groups in total. The lowest BCUT2D eigenvalue weighted by atomic mass is 9.82. The third kappa shape index (κ3) is 3.58. The van der Waals surface area contributed by atoms with E-state index in [0.29, 0.717) is 11.8 Å². The molecule has 2 saturated heterocycles. The van der Waals surface area contributed by atoms with Crippen LogP contribution in [0.25, 0.3) is 11.0 Å². The van der Waals surface area contributed by atoms with E-state index in [1.807, 2.05) is 12.1 Å². The maximum Gasteiger partial charge on any atom is 0.255 e. The summed E-state index contributed by atoms with van der Waals surface area (Å²) in [6, 6.07) is 10.3. The summed E-state index contributed by atoms with van der Waals surface area (Å²) in [5, 5.41) is 8.06. The molecule has 2 atom stereocenters. The minimum atomic E-state index is 0.200. The second-order valence-electron chi connectivity index (χ2n) is 9.13. The van der Waals surface area contributed by atoms with E-state index in [-0.39, 0.29) is 5.56 Å². The molecule has 0 radical (unpaired) electrons. The lowest BCUT2D eigenvalue weighted by Gasteiger charge is -2.43. The van der Waals surface area contributed by atoms with Crippen molar-refractivity contribution >= 4 is 11.0 Å². The van der Waals surface area contributed by atoms with Gasteiger partial charge in [0, 0.05) is 63.0 Å². The van der Waals surface area contributed by atoms with Crippen molar-refractivity contribution in [1.29, 1.82) is 0 Å². The first-order chi connectivity index (χ1) is 15.2. The highest BCUT2D eigenvalue weighted by Crippen LogP contribution is 2.36. The van der Waals surface area contributed by atoms with Gasteiger partial charge in [0.1, 0.15) is 11.0 Å². The number of aromatic nitrogens is 3. The Bertz CT molecular complexity index is 1150. The molecule has 0 aliphatic carbocycles.